The second-order valence-electron chi connectivity index (χ2n) is 12.3. The molecule has 6 nitrogen and oxygen atoms in total. The monoisotopic (exact) mass is 608 g/mol. The van der Waals surface area contributed by atoms with Crippen molar-refractivity contribution in [3.63, 3.8) is 0 Å². The highest BCUT2D eigenvalue weighted by Crippen LogP contribution is 2.28. The number of Topliss-reactive ketones (excluding diaryl/α,β-unsaturated/α-hetero) is 2. The molecule has 0 atom stereocenters. The maximum Gasteiger partial charge on any atom is 0.158 e. The molecule has 0 N–H and O–H groups in total. The predicted molar refractivity (Wildman–Crippen MR) is 183 cm³/mol. The lowest BCUT2D eigenvalue weighted by molar-refractivity contribution is -0.124. The Hall–Kier alpha value is -2.38. The number of carbonyl (C=O) groups is 2. The van der Waals surface area contributed by atoms with Gasteiger partial charge in [-0.25, -0.2) is 0 Å². The fraction of sp³-hybridized carbons (Fsp3) is 0.632. The van der Waals surface area contributed by atoms with E-state index in [-0.39, 0.29) is 24.8 Å². The van der Waals surface area contributed by atoms with Gasteiger partial charge in [0.25, 0.3) is 0 Å². The molecular formula is C38H60N2O4. The van der Waals surface area contributed by atoms with Crippen molar-refractivity contribution in [2.75, 3.05) is 53.5 Å². The fourth-order valence-corrected chi connectivity index (χ4v) is 5.44. The van der Waals surface area contributed by atoms with Crippen molar-refractivity contribution in [3.05, 3.63) is 59.7 Å². The summed E-state index contributed by atoms with van der Waals surface area (Å²) in [7, 11) is 4.28. The van der Waals surface area contributed by atoms with Crippen LogP contribution in [0.1, 0.15) is 102 Å². The molecular weight excluding hydrogens is 548 g/mol. The van der Waals surface area contributed by atoms with Crippen LogP contribution in [-0.4, -0.2) is 74.9 Å². The van der Waals surface area contributed by atoms with E-state index in [9.17, 15) is 9.59 Å². The smallest absolute Gasteiger partial charge is 0.158 e. The van der Waals surface area contributed by atoms with Crippen LogP contribution in [0.3, 0.4) is 0 Å². The van der Waals surface area contributed by atoms with Crippen LogP contribution in [0.2, 0.25) is 0 Å². The number of carbonyl (C=O) groups excluding carboxylic acids is 2. The average Bonchev–Trinajstić information content (AvgIpc) is 3.02. The first kappa shape index (κ1) is 37.8. The maximum atomic E-state index is 12.5. The maximum absolute atomic E-state index is 12.5. The van der Waals surface area contributed by atoms with E-state index in [1.165, 1.54) is 51.4 Å². The van der Waals surface area contributed by atoms with Gasteiger partial charge in [-0.05, 0) is 88.2 Å². The molecule has 0 bridgehead atoms. The normalized spacial score (nSPS) is 11.5. The van der Waals surface area contributed by atoms with Crippen LogP contribution in [-0.2, 0) is 32.3 Å². The highest BCUT2D eigenvalue weighted by Gasteiger charge is 2.12. The zero-order valence-electron chi connectivity index (χ0n) is 28.3. The van der Waals surface area contributed by atoms with Crippen molar-refractivity contribution in [2.24, 2.45) is 0 Å². The number of hydrogen-bond donors (Lipinski definition) is 0. The largest absolute Gasteiger partial charge is 0.369 e. The van der Waals surface area contributed by atoms with Crippen molar-refractivity contribution < 1.29 is 19.1 Å². The van der Waals surface area contributed by atoms with Crippen molar-refractivity contribution >= 4 is 11.6 Å². The molecule has 2 aromatic rings. The summed E-state index contributed by atoms with van der Waals surface area (Å²) in [5.41, 5.74) is 4.21. The number of unbranched alkanes of at least 4 members (excludes halogenated alkanes) is 6. The molecule has 0 unspecified atom stereocenters. The van der Waals surface area contributed by atoms with E-state index < -0.39 is 0 Å². The average molecular weight is 609 g/mol. The summed E-state index contributed by atoms with van der Waals surface area (Å²) in [5, 5.41) is 0. The molecule has 0 spiro atoms. The van der Waals surface area contributed by atoms with Crippen LogP contribution < -0.4 is 0 Å². The minimum absolute atomic E-state index is 0.135. The topological polar surface area (TPSA) is 59.1 Å². The number of ether oxygens (including phenoxy) is 2. The number of hydrogen-bond acceptors (Lipinski definition) is 6. The second-order valence-corrected chi connectivity index (χ2v) is 12.3. The highest BCUT2D eigenvalue weighted by atomic mass is 16.5. The fourth-order valence-electron chi connectivity index (χ4n) is 5.44. The Kier molecular flexibility index (Phi) is 20.6. The third kappa shape index (κ3) is 16.6. The Morgan fingerprint density at radius 1 is 0.545 bits per heavy atom. The molecule has 44 heavy (non-hydrogen) atoms. The van der Waals surface area contributed by atoms with E-state index in [4.69, 9.17) is 9.47 Å². The van der Waals surface area contributed by atoms with Gasteiger partial charge in [0, 0.05) is 12.8 Å². The van der Waals surface area contributed by atoms with Gasteiger partial charge >= 0.3 is 0 Å². The quantitative estimate of drug-likeness (QED) is 0.0955. The van der Waals surface area contributed by atoms with Crippen LogP contribution in [0.15, 0.2) is 48.5 Å². The molecule has 0 saturated heterocycles. The van der Waals surface area contributed by atoms with Crippen LogP contribution in [0.4, 0.5) is 0 Å². The van der Waals surface area contributed by atoms with E-state index in [1.807, 2.05) is 24.3 Å². The minimum Gasteiger partial charge on any atom is -0.369 e. The van der Waals surface area contributed by atoms with Gasteiger partial charge in [-0.2, -0.15) is 0 Å². The lowest BCUT2D eigenvalue weighted by atomic mass is 9.96. The summed E-state index contributed by atoms with van der Waals surface area (Å²) in [6.07, 6.45) is 13.0. The molecule has 0 aliphatic carbocycles. The summed E-state index contributed by atoms with van der Waals surface area (Å²) in [4.78, 5) is 29.6. The SMILES string of the molecule is CCCCCCN(C)CCCC(=O)COCc1ccccc1-c1ccccc1COCC(=O)CCCN(C)CCCCCC. The van der Waals surface area contributed by atoms with Crippen molar-refractivity contribution in [2.45, 2.75) is 104 Å². The molecule has 2 aromatic carbocycles. The number of rotatable bonds is 27. The van der Waals surface area contributed by atoms with Crippen LogP contribution in [0.5, 0.6) is 0 Å². The predicted octanol–water partition coefficient (Wildman–Crippen LogP) is 8.11. The van der Waals surface area contributed by atoms with Gasteiger partial charge in [0.05, 0.1) is 13.2 Å². The Bertz CT molecular complexity index is 973. The number of ketones is 2. The molecule has 0 aliphatic heterocycles. The summed E-state index contributed by atoms with van der Waals surface area (Å²) >= 11 is 0. The summed E-state index contributed by atoms with van der Waals surface area (Å²) in [5.74, 6) is 0.304. The van der Waals surface area contributed by atoms with Gasteiger partial charge in [-0.1, -0.05) is 101 Å². The van der Waals surface area contributed by atoms with Gasteiger partial charge in [0.1, 0.15) is 13.2 Å². The van der Waals surface area contributed by atoms with E-state index in [0.29, 0.717) is 26.1 Å². The Balaban J connectivity index is 1.76. The lowest BCUT2D eigenvalue weighted by Gasteiger charge is -2.16. The Morgan fingerprint density at radius 2 is 0.932 bits per heavy atom. The molecule has 0 aliphatic rings. The van der Waals surface area contributed by atoms with Gasteiger partial charge in [-0.3, -0.25) is 9.59 Å². The number of nitrogens with zero attached hydrogens (tertiary/aromatic N) is 2. The van der Waals surface area contributed by atoms with Gasteiger partial charge in [0.2, 0.25) is 0 Å². The second kappa shape index (κ2) is 23.9. The van der Waals surface area contributed by atoms with E-state index in [0.717, 1.165) is 61.3 Å². The molecule has 0 amide bonds. The van der Waals surface area contributed by atoms with E-state index in [2.05, 4.69) is 62.0 Å². The third-order valence-corrected chi connectivity index (χ3v) is 8.14. The molecule has 246 valence electrons. The molecule has 0 heterocycles. The van der Waals surface area contributed by atoms with Gasteiger partial charge < -0.3 is 19.3 Å². The molecule has 0 aromatic heterocycles. The molecule has 6 heteroatoms. The van der Waals surface area contributed by atoms with E-state index >= 15 is 0 Å². The minimum atomic E-state index is 0.135. The first-order valence-electron chi connectivity index (χ1n) is 17.2. The molecule has 0 saturated carbocycles. The Morgan fingerprint density at radius 3 is 1.34 bits per heavy atom. The summed E-state index contributed by atoms with van der Waals surface area (Å²) < 4.78 is 11.8. The Labute approximate surface area is 268 Å². The molecule has 0 radical (unpaired) electrons. The van der Waals surface area contributed by atoms with Crippen molar-refractivity contribution in [1.29, 1.82) is 0 Å². The van der Waals surface area contributed by atoms with Crippen molar-refractivity contribution in [1.82, 2.24) is 9.80 Å². The first-order chi connectivity index (χ1) is 21.4. The molecule has 2 rings (SSSR count). The third-order valence-electron chi connectivity index (χ3n) is 8.14. The van der Waals surface area contributed by atoms with E-state index in [1.54, 1.807) is 0 Å². The number of benzene rings is 2. The van der Waals surface area contributed by atoms with Crippen LogP contribution >= 0.6 is 0 Å². The van der Waals surface area contributed by atoms with Gasteiger partial charge in [-0.15, -0.1) is 0 Å². The molecule has 0 fully saturated rings. The zero-order valence-corrected chi connectivity index (χ0v) is 28.3. The highest BCUT2D eigenvalue weighted by molar-refractivity contribution is 5.80. The lowest BCUT2D eigenvalue weighted by Crippen LogP contribution is -2.22. The summed E-state index contributed by atoms with van der Waals surface area (Å²) in [6, 6.07) is 16.3. The zero-order chi connectivity index (χ0) is 31.8. The van der Waals surface area contributed by atoms with Crippen LogP contribution in [0.25, 0.3) is 11.1 Å². The van der Waals surface area contributed by atoms with Crippen molar-refractivity contribution in [3.8, 4) is 11.1 Å². The standard InChI is InChI=1S/C38H60N2O4/c1-5-7-9-15-25-39(3)27-17-21-35(41)31-43-29-33-19-11-13-23-37(33)38-24-14-12-20-34(38)30-44-32-36(42)22-18-28-40(4)26-16-10-8-6-2/h11-14,19-20,23-24H,5-10,15-18,21-22,25-32H2,1-4H3. The van der Waals surface area contributed by atoms with Crippen LogP contribution in [0, 0.1) is 0 Å². The first-order valence-corrected chi connectivity index (χ1v) is 17.2. The van der Waals surface area contributed by atoms with Gasteiger partial charge in [0.15, 0.2) is 11.6 Å². The summed E-state index contributed by atoms with van der Waals surface area (Å²) in [6.45, 7) is 9.57.